The van der Waals surface area contributed by atoms with Gasteiger partial charge >= 0.3 is 6.03 Å². The molecule has 0 bridgehead atoms. The Kier molecular flexibility index (Phi) is 8.63. The van der Waals surface area contributed by atoms with Crippen LogP contribution < -0.4 is 10.6 Å². The minimum absolute atomic E-state index is 0.00647. The monoisotopic (exact) mass is 462 g/mol. The average molecular weight is 463 g/mol. The lowest BCUT2D eigenvalue weighted by molar-refractivity contribution is -0.117. The average Bonchev–Trinajstić information content (AvgIpc) is 3.21. The number of carbonyl (C=O) groups excluding carboxylic acids is 2. The number of rotatable bonds is 8. The number of likely N-dealkylation sites (tertiary alicyclic amines) is 1. The summed E-state index contributed by atoms with van der Waals surface area (Å²) in [6.45, 7) is 8.52. The molecular formula is C22H31FN6O2S. The maximum absolute atomic E-state index is 13.5. The highest BCUT2D eigenvalue weighted by molar-refractivity contribution is 7.99. The van der Waals surface area contributed by atoms with Crippen LogP contribution in [0.5, 0.6) is 0 Å². The fourth-order valence-corrected chi connectivity index (χ4v) is 4.34. The van der Waals surface area contributed by atoms with Crippen LogP contribution in [0.3, 0.4) is 0 Å². The van der Waals surface area contributed by atoms with E-state index in [1.807, 2.05) is 18.4 Å². The van der Waals surface area contributed by atoms with Crippen molar-refractivity contribution < 1.29 is 14.0 Å². The molecule has 2 N–H and O–H groups in total. The molecular weight excluding hydrogens is 431 g/mol. The summed E-state index contributed by atoms with van der Waals surface area (Å²) in [6.07, 6.45) is 3.53. The standard InChI is InChI=1S/C22H31FN6O2S/c1-15(2)13-24-21(31)25-19(30)14-32-22-27-26-20(16(3)28-11-5-4-6-12-28)29(22)18-9-7-17(23)8-10-18/h7-10,15-16H,4-6,11-14H2,1-3H3,(H2,24,25,30,31)/t16-/m0/s1. The molecule has 1 aliphatic rings. The van der Waals surface area contributed by atoms with E-state index in [9.17, 15) is 14.0 Å². The van der Waals surface area contributed by atoms with Crippen molar-refractivity contribution in [3.63, 3.8) is 0 Å². The third kappa shape index (κ3) is 6.52. The van der Waals surface area contributed by atoms with Crippen molar-refractivity contribution >= 4 is 23.7 Å². The van der Waals surface area contributed by atoms with Crippen molar-refractivity contribution in [3.8, 4) is 5.69 Å². The Morgan fingerprint density at radius 3 is 2.44 bits per heavy atom. The summed E-state index contributed by atoms with van der Waals surface area (Å²) in [7, 11) is 0. The first-order chi connectivity index (χ1) is 15.3. The van der Waals surface area contributed by atoms with Crippen LogP contribution in [0.25, 0.3) is 5.69 Å². The third-order valence-corrected chi connectivity index (χ3v) is 6.24. The van der Waals surface area contributed by atoms with Crippen molar-refractivity contribution in [2.45, 2.75) is 51.2 Å². The topological polar surface area (TPSA) is 92.2 Å². The number of aromatic nitrogens is 3. The molecule has 0 spiro atoms. The van der Waals surface area contributed by atoms with E-state index in [0.29, 0.717) is 17.6 Å². The lowest BCUT2D eigenvalue weighted by Gasteiger charge is -2.31. The van der Waals surface area contributed by atoms with Crippen molar-refractivity contribution in [2.75, 3.05) is 25.4 Å². The number of benzene rings is 1. The van der Waals surface area contributed by atoms with Crippen LogP contribution in [0.1, 0.15) is 51.9 Å². The largest absolute Gasteiger partial charge is 0.338 e. The van der Waals surface area contributed by atoms with Crippen molar-refractivity contribution in [2.24, 2.45) is 5.92 Å². The summed E-state index contributed by atoms with van der Waals surface area (Å²) in [6, 6.07) is 5.65. The summed E-state index contributed by atoms with van der Waals surface area (Å²) >= 11 is 1.19. The molecule has 1 atom stereocenters. The zero-order chi connectivity index (χ0) is 23.1. The van der Waals surface area contributed by atoms with Gasteiger partial charge in [-0.2, -0.15) is 0 Å². The fraction of sp³-hybridized carbons (Fsp3) is 0.545. The number of piperidine rings is 1. The lowest BCUT2D eigenvalue weighted by atomic mass is 10.1. The molecule has 10 heteroatoms. The maximum Gasteiger partial charge on any atom is 0.321 e. The van der Waals surface area contributed by atoms with Gasteiger partial charge in [-0.3, -0.25) is 19.6 Å². The summed E-state index contributed by atoms with van der Waals surface area (Å²) < 4.78 is 15.4. The Morgan fingerprint density at radius 1 is 1.09 bits per heavy atom. The van der Waals surface area contributed by atoms with Gasteiger partial charge in [0.2, 0.25) is 5.91 Å². The Bertz CT molecular complexity index is 912. The molecule has 2 heterocycles. The van der Waals surface area contributed by atoms with Gasteiger partial charge in [0, 0.05) is 12.2 Å². The molecule has 1 aromatic heterocycles. The Morgan fingerprint density at radius 2 is 1.78 bits per heavy atom. The van der Waals surface area contributed by atoms with Crippen molar-refractivity contribution in [1.29, 1.82) is 0 Å². The summed E-state index contributed by atoms with van der Waals surface area (Å²) in [5.74, 6) is 0.298. The molecule has 2 aromatic rings. The molecule has 1 fully saturated rings. The Labute approximate surface area is 192 Å². The predicted octanol–water partition coefficient (Wildman–Crippen LogP) is 3.53. The number of hydrogen-bond donors (Lipinski definition) is 2. The molecule has 0 radical (unpaired) electrons. The normalized spacial score (nSPS) is 15.5. The zero-order valence-corrected chi connectivity index (χ0v) is 19.6. The van der Waals surface area contributed by atoms with Crippen molar-refractivity contribution in [3.05, 3.63) is 35.9 Å². The zero-order valence-electron chi connectivity index (χ0n) is 18.8. The highest BCUT2D eigenvalue weighted by Gasteiger charge is 2.26. The number of halogens is 1. The fourth-order valence-electron chi connectivity index (χ4n) is 3.58. The van der Waals surface area contributed by atoms with E-state index in [0.717, 1.165) is 37.4 Å². The van der Waals surface area contributed by atoms with E-state index in [4.69, 9.17) is 0 Å². The van der Waals surface area contributed by atoms with E-state index in [2.05, 4.69) is 32.7 Å². The molecule has 0 aliphatic carbocycles. The molecule has 3 rings (SSSR count). The van der Waals surface area contributed by atoms with E-state index >= 15 is 0 Å². The van der Waals surface area contributed by atoms with Gasteiger partial charge in [-0.15, -0.1) is 10.2 Å². The molecule has 1 saturated heterocycles. The number of nitrogens with one attached hydrogen (secondary N) is 2. The van der Waals surface area contributed by atoms with Crippen LogP contribution in [0.15, 0.2) is 29.4 Å². The van der Waals surface area contributed by atoms with Gasteiger partial charge in [0.15, 0.2) is 11.0 Å². The summed E-state index contributed by atoms with van der Waals surface area (Å²) in [4.78, 5) is 26.4. The van der Waals surface area contributed by atoms with Gasteiger partial charge < -0.3 is 5.32 Å². The summed E-state index contributed by atoms with van der Waals surface area (Å²) in [5, 5.41) is 14.2. The second kappa shape index (κ2) is 11.4. The van der Waals surface area contributed by atoms with Crippen LogP contribution >= 0.6 is 11.8 Å². The molecule has 8 nitrogen and oxygen atoms in total. The molecule has 0 unspecified atom stereocenters. The molecule has 1 aliphatic heterocycles. The van der Waals surface area contributed by atoms with Crippen LogP contribution in [-0.4, -0.2) is 57.0 Å². The number of carbonyl (C=O) groups is 2. The lowest BCUT2D eigenvalue weighted by Crippen LogP contribution is -2.41. The quantitative estimate of drug-likeness (QED) is 0.583. The van der Waals surface area contributed by atoms with Crippen LogP contribution in [0.4, 0.5) is 9.18 Å². The number of nitrogens with zero attached hydrogens (tertiary/aromatic N) is 4. The first kappa shape index (κ1) is 24.2. The number of hydrogen-bond acceptors (Lipinski definition) is 6. The van der Waals surface area contributed by atoms with Gasteiger partial charge in [-0.25, -0.2) is 9.18 Å². The van der Waals surface area contributed by atoms with Gasteiger partial charge in [0.05, 0.1) is 11.8 Å². The van der Waals surface area contributed by atoms with Crippen LogP contribution in [-0.2, 0) is 4.79 Å². The first-order valence-electron chi connectivity index (χ1n) is 11.0. The molecule has 0 saturated carbocycles. The highest BCUT2D eigenvalue weighted by atomic mass is 32.2. The Hall–Kier alpha value is -2.46. The number of imide groups is 1. The van der Waals surface area contributed by atoms with Gasteiger partial charge in [0.1, 0.15) is 5.82 Å². The highest BCUT2D eigenvalue weighted by Crippen LogP contribution is 2.29. The second-order valence-electron chi connectivity index (χ2n) is 8.37. The molecule has 3 amide bonds. The van der Waals surface area contributed by atoms with Crippen molar-refractivity contribution in [1.82, 2.24) is 30.3 Å². The molecule has 174 valence electrons. The van der Waals surface area contributed by atoms with Gasteiger partial charge in [-0.1, -0.05) is 32.0 Å². The minimum Gasteiger partial charge on any atom is -0.338 e. The minimum atomic E-state index is -0.510. The van der Waals surface area contributed by atoms with E-state index in [1.165, 1.54) is 30.3 Å². The van der Waals surface area contributed by atoms with E-state index < -0.39 is 11.9 Å². The SMILES string of the molecule is CC(C)CNC(=O)NC(=O)CSc1nnc([C@H](C)N2CCCCC2)n1-c1ccc(F)cc1. The van der Waals surface area contributed by atoms with E-state index in [-0.39, 0.29) is 17.6 Å². The number of urea groups is 1. The maximum atomic E-state index is 13.5. The number of thioether (sulfide) groups is 1. The predicted molar refractivity (Wildman–Crippen MR) is 122 cm³/mol. The molecule has 32 heavy (non-hydrogen) atoms. The summed E-state index contributed by atoms with van der Waals surface area (Å²) in [5.41, 5.74) is 0.729. The smallest absolute Gasteiger partial charge is 0.321 e. The number of amides is 3. The van der Waals surface area contributed by atoms with Crippen LogP contribution in [0.2, 0.25) is 0 Å². The first-order valence-corrected chi connectivity index (χ1v) is 12.0. The van der Waals surface area contributed by atoms with Crippen LogP contribution in [0, 0.1) is 11.7 Å². The molecule has 1 aromatic carbocycles. The second-order valence-corrected chi connectivity index (χ2v) is 9.31. The third-order valence-electron chi connectivity index (χ3n) is 5.31. The van der Waals surface area contributed by atoms with Gasteiger partial charge in [0.25, 0.3) is 0 Å². The van der Waals surface area contributed by atoms with Gasteiger partial charge in [-0.05, 0) is 63.0 Å². The Balaban J connectivity index is 1.75. The van der Waals surface area contributed by atoms with E-state index in [1.54, 1.807) is 12.1 Å².